The van der Waals surface area contributed by atoms with Gasteiger partial charge >= 0.3 is 6.18 Å². The van der Waals surface area contributed by atoms with Gasteiger partial charge in [-0.3, -0.25) is 4.90 Å². The van der Waals surface area contributed by atoms with Gasteiger partial charge in [-0.1, -0.05) is 20.8 Å². The quantitative estimate of drug-likeness (QED) is 0.749. The highest BCUT2D eigenvalue weighted by molar-refractivity contribution is 4.85. The van der Waals surface area contributed by atoms with Crippen LogP contribution in [-0.4, -0.2) is 42.8 Å². The average molecular weight is 252 g/mol. The van der Waals surface area contributed by atoms with Crippen molar-refractivity contribution in [3.8, 4) is 0 Å². The fourth-order valence-electron chi connectivity index (χ4n) is 2.06. The number of halogens is 3. The van der Waals surface area contributed by atoms with E-state index in [1.54, 1.807) is 6.92 Å². The van der Waals surface area contributed by atoms with E-state index in [-0.39, 0.29) is 12.0 Å². The Labute approximate surface area is 102 Å². The van der Waals surface area contributed by atoms with Gasteiger partial charge in [0.2, 0.25) is 0 Å². The fourth-order valence-corrected chi connectivity index (χ4v) is 2.06. The number of alkyl halides is 3. The van der Waals surface area contributed by atoms with Crippen LogP contribution in [0.2, 0.25) is 0 Å². The molecule has 0 aliphatic heterocycles. The Morgan fingerprint density at radius 1 is 1.29 bits per heavy atom. The molecule has 0 radical (unpaired) electrons. The third-order valence-corrected chi connectivity index (χ3v) is 3.22. The average Bonchev–Trinajstić information content (AvgIpc) is 2.97. The van der Waals surface area contributed by atoms with Crippen molar-refractivity contribution in [1.29, 1.82) is 0 Å². The van der Waals surface area contributed by atoms with E-state index >= 15 is 0 Å². The first-order valence-corrected chi connectivity index (χ1v) is 6.37. The molecule has 0 heterocycles. The van der Waals surface area contributed by atoms with Gasteiger partial charge in [-0.05, 0) is 25.3 Å². The number of likely N-dealkylation sites (N-methyl/N-ethyl adjacent to an activating group) is 1. The van der Waals surface area contributed by atoms with Crippen LogP contribution in [-0.2, 0) is 0 Å². The van der Waals surface area contributed by atoms with Crippen LogP contribution in [0.25, 0.3) is 0 Å². The molecule has 1 aliphatic carbocycles. The Kier molecular flexibility index (Phi) is 5.25. The minimum atomic E-state index is -4.11. The SMILES string of the molecule is CCN(CC(F)(F)F)C(CNC1CC1)C(C)C. The van der Waals surface area contributed by atoms with Gasteiger partial charge in [0.05, 0.1) is 6.54 Å². The summed E-state index contributed by atoms with van der Waals surface area (Å²) in [7, 11) is 0. The normalized spacial score (nSPS) is 19.1. The minimum Gasteiger partial charge on any atom is -0.312 e. The second-order valence-corrected chi connectivity index (χ2v) is 5.17. The molecule has 1 saturated carbocycles. The van der Waals surface area contributed by atoms with Crippen LogP contribution in [0.5, 0.6) is 0 Å². The van der Waals surface area contributed by atoms with Gasteiger partial charge < -0.3 is 5.32 Å². The zero-order chi connectivity index (χ0) is 13.1. The van der Waals surface area contributed by atoms with Crippen molar-refractivity contribution >= 4 is 0 Å². The van der Waals surface area contributed by atoms with Crippen LogP contribution >= 0.6 is 0 Å². The molecule has 0 aromatic carbocycles. The molecule has 0 aromatic heterocycles. The standard InChI is InChI=1S/C12H23F3N2/c1-4-17(8-12(13,14)15)11(9(2)3)7-16-10-5-6-10/h9-11,16H,4-8H2,1-3H3. The molecular weight excluding hydrogens is 229 g/mol. The van der Waals surface area contributed by atoms with Gasteiger partial charge in [-0.2, -0.15) is 13.2 Å². The number of nitrogens with one attached hydrogen (secondary N) is 1. The summed E-state index contributed by atoms with van der Waals surface area (Å²) in [5, 5.41) is 3.33. The highest BCUT2D eigenvalue weighted by Gasteiger charge is 2.34. The zero-order valence-corrected chi connectivity index (χ0v) is 10.8. The van der Waals surface area contributed by atoms with Gasteiger partial charge in [0.1, 0.15) is 0 Å². The molecule has 0 aromatic rings. The lowest BCUT2D eigenvalue weighted by molar-refractivity contribution is -0.152. The van der Waals surface area contributed by atoms with Gasteiger partial charge in [0, 0.05) is 18.6 Å². The van der Waals surface area contributed by atoms with E-state index in [0.29, 0.717) is 19.1 Å². The third kappa shape index (κ3) is 5.73. The largest absolute Gasteiger partial charge is 0.401 e. The van der Waals surface area contributed by atoms with Crippen molar-refractivity contribution in [3.63, 3.8) is 0 Å². The molecule has 1 unspecified atom stereocenters. The second-order valence-electron chi connectivity index (χ2n) is 5.17. The van der Waals surface area contributed by atoms with E-state index in [9.17, 15) is 13.2 Å². The lowest BCUT2D eigenvalue weighted by Crippen LogP contribution is -2.49. The number of hydrogen-bond donors (Lipinski definition) is 1. The summed E-state index contributed by atoms with van der Waals surface area (Å²) >= 11 is 0. The molecule has 1 atom stereocenters. The summed E-state index contributed by atoms with van der Waals surface area (Å²) < 4.78 is 37.4. The van der Waals surface area contributed by atoms with Crippen molar-refractivity contribution in [2.75, 3.05) is 19.6 Å². The molecule has 17 heavy (non-hydrogen) atoms. The summed E-state index contributed by atoms with van der Waals surface area (Å²) in [6.45, 7) is 6.05. The Balaban J connectivity index is 2.51. The van der Waals surface area contributed by atoms with Crippen LogP contribution in [0.15, 0.2) is 0 Å². The molecule has 1 N–H and O–H groups in total. The fraction of sp³-hybridized carbons (Fsp3) is 1.00. The highest BCUT2D eigenvalue weighted by atomic mass is 19.4. The molecule has 5 heteroatoms. The smallest absolute Gasteiger partial charge is 0.312 e. The summed E-state index contributed by atoms with van der Waals surface area (Å²) in [6, 6.07) is 0.503. The number of nitrogens with zero attached hydrogens (tertiary/aromatic N) is 1. The molecular formula is C12H23F3N2. The molecule has 2 nitrogen and oxygen atoms in total. The monoisotopic (exact) mass is 252 g/mol. The Bertz CT molecular complexity index is 224. The molecule has 1 fully saturated rings. The molecule has 0 spiro atoms. The maximum atomic E-state index is 12.5. The highest BCUT2D eigenvalue weighted by Crippen LogP contribution is 2.22. The van der Waals surface area contributed by atoms with Crippen molar-refractivity contribution in [2.45, 2.75) is 51.9 Å². The van der Waals surface area contributed by atoms with E-state index in [2.05, 4.69) is 5.32 Å². The first-order valence-electron chi connectivity index (χ1n) is 6.37. The first kappa shape index (κ1) is 14.8. The predicted octanol–water partition coefficient (Wildman–Crippen LogP) is 2.65. The van der Waals surface area contributed by atoms with Crippen molar-refractivity contribution in [2.24, 2.45) is 5.92 Å². The summed E-state index contributed by atoms with van der Waals surface area (Å²) in [5.74, 6) is 0.226. The van der Waals surface area contributed by atoms with Crippen LogP contribution in [0.3, 0.4) is 0 Å². The maximum absolute atomic E-state index is 12.5. The van der Waals surface area contributed by atoms with Crippen LogP contribution in [0.1, 0.15) is 33.6 Å². The van der Waals surface area contributed by atoms with Gasteiger partial charge in [-0.15, -0.1) is 0 Å². The van der Waals surface area contributed by atoms with Crippen LogP contribution in [0.4, 0.5) is 13.2 Å². The number of rotatable bonds is 7. The van der Waals surface area contributed by atoms with E-state index < -0.39 is 12.7 Å². The maximum Gasteiger partial charge on any atom is 0.401 e. The van der Waals surface area contributed by atoms with Crippen molar-refractivity contribution in [3.05, 3.63) is 0 Å². The van der Waals surface area contributed by atoms with E-state index in [1.165, 1.54) is 4.90 Å². The number of hydrogen-bond acceptors (Lipinski definition) is 2. The van der Waals surface area contributed by atoms with Gasteiger partial charge in [0.15, 0.2) is 0 Å². The summed E-state index contributed by atoms with van der Waals surface area (Å²) in [4.78, 5) is 1.53. The van der Waals surface area contributed by atoms with E-state index in [0.717, 1.165) is 12.8 Å². The van der Waals surface area contributed by atoms with E-state index in [1.807, 2.05) is 13.8 Å². The van der Waals surface area contributed by atoms with Crippen LogP contribution < -0.4 is 5.32 Å². The minimum absolute atomic E-state index is 0.0396. The topological polar surface area (TPSA) is 15.3 Å². The molecule has 0 bridgehead atoms. The molecule has 102 valence electrons. The summed E-state index contributed by atoms with van der Waals surface area (Å²) in [5.41, 5.74) is 0. The molecule has 0 amide bonds. The Morgan fingerprint density at radius 2 is 1.88 bits per heavy atom. The summed E-state index contributed by atoms with van der Waals surface area (Å²) in [6.07, 6.45) is -1.78. The lowest BCUT2D eigenvalue weighted by Gasteiger charge is -2.34. The van der Waals surface area contributed by atoms with Gasteiger partial charge in [0.25, 0.3) is 0 Å². The lowest BCUT2D eigenvalue weighted by atomic mass is 10.0. The Hall–Kier alpha value is -0.290. The predicted molar refractivity (Wildman–Crippen MR) is 63.0 cm³/mol. The second kappa shape index (κ2) is 6.05. The molecule has 1 aliphatic rings. The molecule has 0 saturated heterocycles. The van der Waals surface area contributed by atoms with Crippen LogP contribution in [0, 0.1) is 5.92 Å². The zero-order valence-electron chi connectivity index (χ0n) is 10.8. The van der Waals surface area contributed by atoms with Crippen molar-refractivity contribution in [1.82, 2.24) is 10.2 Å². The molecule has 1 rings (SSSR count). The van der Waals surface area contributed by atoms with E-state index in [4.69, 9.17) is 0 Å². The Morgan fingerprint density at radius 3 is 2.24 bits per heavy atom. The third-order valence-electron chi connectivity index (χ3n) is 3.22. The van der Waals surface area contributed by atoms with Gasteiger partial charge in [-0.25, -0.2) is 0 Å². The van der Waals surface area contributed by atoms with Crippen molar-refractivity contribution < 1.29 is 13.2 Å². The first-order chi connectivity index (χ1) is 7.83.